The first-order chi connectivity index (χ1) is 15.3. The molecular weight excluding hydrogens is 408 g/mol. The molecule has 0 aliphatic heterocycles. The molecule has 172 valence electrons. The standard InChI is InChI=1S/C23H32N6O3/c1-7-9-19-25-14(3)20-22(30)26-21(27-29(19)20)17-12-16(10-11-18(17)32-8-2)13-24-15(4)23(31)28(5)6/h10-12,15,24H,7-9,13H2,1-6H3,(H,26,27,30)/t15-/m1/s1. The Kier molecular flexibility index (Phi) is 7.29. The van der Waals surface area contributed by atoms with Crippen molar-refractivity contribution in [2.75, 3.05) is 20.7 Å². The number of aromatic nitrogens is 4. The number of aromatic amines is 1. The number of ether oxygens (including phenoxy) is 1. The number of carbonyl (C=O) groups is 1. The minimum atomic E-state index is -0.320. The van der Waals surface area contributed by atoms with Gasteiger partial charge in [0.2, 0.25) is 5.91 Å². The highest BCUT2D eigenvalue weighted by atomic mass is 16.5. The first-order valence-electron chi connectivity index (χ1n) is 11.0. The van der Waals surface area contributed by atoms with Crippen LogP contribution in [0.15, 0.2) is 23.0 Å². The van der Waals surface area contributed by atoms with Crippen LogP contribution >= 0.6 is 0 Å². The summed E-state index contributed by atoms with van der Waals surface area (Å²) in [4.78, 5) is 34.0. The van der Waals surface area contributed by atoms with Crippen LogP contribution in [-0.4, -0.2) is 57.1 Å². The topological polar surface area (TPSA) is 105 Å². The molecule has 0 fully saturated rings. The molecular formula is C23H32N6O3. The van der Waals surface area contributed by atoms with Crippen LogP contribution in [0.2, 0.25) is 0 Å². The third kappa shape index (κ3) is 4.83. The molecule has 9 nitrogen and oxygen atoms in total. The molecule has 3 aromatic rings. The van der Waals surface area contributed by atoms with Gasteiger partial charge in [-0.05, 0) is 44.9 Å². The van der Waals surface area contributed by atoms with Crippen molar-refractivity contribution in [3.05, 3.63) is 45.6 Å². The van der Waals surface area contributed by atoms with Crippen molar-refractivity contribution < 1.29 is 9.53 Å². The maximum atomic E-state index is 12.9. The van der Waals surface area contributed by atoms with Gasteiger partial charge in [0.1, 0.15) is 11.6 Å². The monoisotopic (exact) mass is 440 g/mol. The number of hydrogen-bond donors (Lipinski definition) is 2. The van der Waals surface area contributed by atoms with E-state index in [1.165, 1.54) is 0 Å². The van der Waals surface area contributed by atoms with E-state index in [2.05, 4.69) is 22.2 Å². The zero-order valence-corrected chi connectivity index (χ0v) is 19.7. The molecule has 0 bridgehead atoms. The Morgan fingerprint density at radius 2 is 2.06 bits per heavy atom. The van der Waals surface area contributed by atoms with Crippen LogP contribution in [0.3, 0.4) is 0 Å². The highest BCUT2D eigenvalue weighted by molar-refractivity contribution is 5.80. The van der Waals surface area contributed by atoms with Crippen molar-refractivity contribution in [2.45, 2.75) is 53.1 Å². The first kappa shape index (κ1) is 23.5. The van der Waals surface area contributed by atoms with Gasteiger partial charge >= 0.3 is 0 Å². The van der Waals surface area contributed by atoms with Crippen LogP contribution in [0.5, 0.6) is 5.75 Å². The van der Waals surface area contributed by atoms with Crippen LogP contribution in [0.25, 0.3) is 16.9 Å². The third-order valence-corrected chi connectivity index (χ3v) is 5.24. The molecule has 0 radical (unpaired) electrons. The second-order valence-electron chi connectivity index (χ2n) is 8.03. The fourth-order valence-corrected chi connectivity index (χ4v) is 3.64. The maximum Gasteiger partial charge on any atom is 0.277 e. The van der Waals surface area contributed by atoms with E-state index >= 15 is 0 Å². The molecule has 1 amide bonds. The number of H-pyrrole nitrogens is 1. The Bertz CT molecular complexity index is 1160. The second-order valence-corrected chi connectivity index (χ2v) is 8.03. The number of rotatable bonds is 9. The Morgan fingerprint density at radius 3 is 2.72 bits per heavy atom. The normalized spacial score (nSPS) is 12.2. The molecule has 0 saturated carbocycles. The van der Waals surface area contributed by atoms with Crippen LogP contribution in [0.1, 0.15) is 44.3 Å². The lowest BCUT2D eigenvalue weighted by atomic mass is 10.1. The van der Waals surface area contributed by atoms with E-state index in [1.54, 1.807) is 23.5 Å². The molecule has 1 aromatic carbocycles. The number of aryl methyl sites for hydroxylation is 2. The summed E-state index contributed by atoms with van der Waals surface area (Å²) in [6.45, 7) is 8.59. The van der Waals surface area contributed by atoms with E-state index in [4.69, 9.17) is 9.84 Å². The molecule has 9 heteroatoms. The lowest BCUT2D eigenvalue weighted by Gasteiger charge is -2.18. The number of likely N-dealkylation sites (N-methyl/N-ethyl adjacent to an activating group) is 1. The van der Waals surface area contributed by atoms with Crippen molar-refractivity contribution in [1.82, 2.24) is 29.8 Å². The quantitative estimate of drug-likeness (QED) is 0.529. The number of imidazole rings is 1. The molecule has 2 N–H and O–H groups in total. The molecule has 0 aliphatic carbocycles. The minimum Gasteiger partial charge on any atom is -0.493 e. The molecule has 0 unspecified atom stereocenters. The number of amides is 1. The predicted octanol–water partition coefficient (Wildman–Crippen LogP) is 2.31. The lowest BCUT2D eigenvalue weighted by molar-refractivity contribution is -0.130. The van der Waals surface area contributed by atoms with Gasteiger partial charge in [0.25, 0.3) is 5.56 Å². The summed E-state index contributed by atoms with van der Waals surface area (Å²) in [7, 11) is 3.47. The van der Waals surface area contributed by atoms with E-state index in [0.717, 1.165) is 24.2 Å². The zero-order valence-electron chi connectivity index (χ0n) is 19.7. The number of carbonyl (C=O) groups excluding carboxylic acids is 1. The number of nitrogens with one attached hydrogen (secondary N) is 2. The van der Waals surface area contributed by atoms with Gasteiger partial charge in [-0.15, -0.1) is 5.10 Å². The molecule has 0 aliphatic rings. The molecule has 0 spiro atoms. The fraction of sp³-hybridized carbons (Fsp3) is 0.478. The maximum absolute atomic E-state index is 12.9. The summed E-state index contributed by atoms with van der Waals surface area (Å²) in [5.41, 5.74) is 2.52. The highest BCUT2D eigenvalue weighted by Crippen LogP contribution is 2.29. The summed E-state index contributed by atoms with van der Waals surface area (Å²) in [6.07, 6.45) is 1.63. The van der Waals surface area contributed by atoms with Crippen LogP contribution in [0, 0.1) is 6.92 Å². The van der Waals surface area contributed by atoms with E-state index in [1.807, 2.05) is 39.0 Å². The van der Waals surface area contributed by atoms with E-state index in [9.17, 15) is 9.59 Å². The van der Waals surface area contributed by atoms with Crippen LogP contribution < -0.4 is 15.6 Å². The molecule has 1 atom stereocenters. The summed E-state index contributed by atoms with van der Waals surface area (Å²) in [5, 5.41) is 7.95. The van der Waals surface area contributed by atoms with Gasteiger partial charge in [-0.1, -0.05) is 13.0 Å². The summed E-state index contributed by atoms with van der Waals surface area (Å²) in [6, 6.07) is 5.41. The van der Waals surface area contributed by atoms with Crippen molar-refractivity contribution in [3.8, 4) is 17.1 Å². The van der Waals surface area contributed by atoms with Gasteiger partial charge in [0.15, 0.2) is 11.3 Å². The van der Waals surface area contributed by atoms with Gasteiger partial charge in [-0.25, -0.2) is 9.50 Å². The summed E-state index contributed by atoms with van der Waals surface area (Å²) >= 11 is 0. The van der Waals surface area contributed by atoms with Gasteiger partial charge in [-0.3, -0.25) is 9.59 Å². The fourth-order valence-electron chi connectivity index (χ4n) is 3.64. The minimum absolute atomic E-state index is 0.00605. The molecule has 2 aromatic heterocycles. The average Bonchev–Trinajstić information content (AvgIpc) is 3.08. The van der Waals surface area contributed by atoms with Crippen molar-refractivity contribution in [3.63, 3.8) is 0 Å². The molecule has 3 rings (SSSR count). The van der Waals surface area contributed by atoms with E-state index in [0.29, 0.717) is 41.5 Å². The molecule has 2 heterocycles. The van der Waals surface area contributed by atoms with Crippen LogP contribution in [0.4, 0.5) is 0 Å². The Labute approximate surface area is 187 Å². The molecule has 0 saturated heterocycles. The Hall–Kier alpha value is -3.20. The SMILES string of the molecule is CCCc1nc(C)c2c(=O)[nH]c(-c3cc(CN[C@H](C)C(=O)N(C)C)ccc3OCC)nn12. The lowest BCUT2D eigenvalue weighted by Crippen LogP contribution is -2.41. The van der Waals surface area contributed by atoms with Crippen molar-refractivity contribution in [2.24, 2.45) is 0 Å². The van der Waals surface area contributed by atoms with Gasteiger partial charge in [-0.2, -0.15) is 0 Å². The predicted molar refractivity (Wildman–Crippen MR) is 124 cm³/mol. The van der Waals surface area contributed by atoms with Gasteiger partial charge in [0, 0.05) is 27.1 Å². The number of benzene rings is 1. The van der Waals surface area contributed by atoms with Gasteiger partial charge < -0.3 is 19.9 Å². The second kappa shape index (κ2) is 9.95. The van der Waals surface area contributed by atoms with Gasteiger partial charge in [0.05, 0.1) is 23.9 Å². The van der Waals surface area contributed by atoms with E-state index in [-0.39, 0.29) is 17.5 Å². The van der Waals surface area contributed by atoms with E-state index < -0.39 is 0 Å². The molecule has 32 heavy (non-hydrogen) atoms. The van der Waals surface area contributed by atoms with Crippen LogP contribution in [-0.2, 0) is 17.8 Å². The number of hydrogen-bond acceptors (Lipinski definition) is 6. The van der Waals surface area contributed by atoms with Crippen molar-refractivity contribution >= 4 is 11.4 Å². The Morgan fingerprint density at radius 1 is 1.31 bits per heavy atom. The Balaban J connectivity index is 2.02. The zero-order chi connectivity index (χ0) is 23.4. The number of fused-ring (bicyclic) bond motifs is 1. The highest BCUT2D eigenvalue weighted by Gasteiger charge is 2.18. The van der Waals surface area contributed by atoms with Crippen molar-refractivity contribution in [1.29, 1.82) is 0 Å². The summed E-state index contributed by atoms with van der Waals surface area (Å²) in [5.74, 6) is 1.82. The third-order valence-electron chi connectivity index (χ3n) is 5.24. The largest absolute Gasteiger partial charge is 0.493 e. The first-order valence-corrected chi connectivity index (χ1v) is 11.0. The average molecular weight is 441 g/mol. The smallest absolute Gasteiger partial charge is 0.277 e. The number of nitrogens with zero attached hydrogens (tertiary/aromatic N) is 4. The summed E-state index contributed by atoms with van der Waals surface area (Å²) < 4.78 is 7.45.